The fourth-order valence-corrected chi connectivity index (χ4v) is 1.54. The highest BCUT2D eigenvalue weighted by atomic mass is 79.9. The Hall–Kier alpha value is -0.890. The maximum Gasteiger partial charge on any atom is 0.0991 e. The highest BCUT2D eigenvalue weighted by Crippen LogP contribution is 2.22. The van der Waals surface area contributed by atoms with Crippen LogP contribution in [0, 0.1) is 11.3 Å². The number of benzene rings is 1. The van der Waals surface area contributed by atoms with E-state index in [4.69, 9.17) is 16.1 Å². The lowest BCUT2D eigenvalue weighted by atomic mass is 10.1. The van der Waals surface area contributed by atoms with Crippen LogP contribution in [-0.2, 0) is 0 Å². The van der Waals surface area contributed by atoms with Crippen LogP contribution in [0.3, 0.4) is 0 Å². The number of aliphatic hydroxyl groups excluding tert-OH is 1. The second-order valence-electron chi connectivity index (χ2n) is 2.64. The third-order valence-electron chi connectivity index (χ3n) is 1.72. The number of aliphatic hydroxyl groups is 1. The van der Waals surface area contributed by atoms with Crippen molar-refractivity contribution >= 4 is 15.9 Å². The number of nitrogens with zero attached hydrogens (tertiary/aromatic N) is 1. The normalized spacial score (nSPS) is 12.2. The van der Waals surface area contributed by atoms with Crippen molar-refractivity contribution in [3.05, 3.63) is 33.8 Å². The van der Waals surface area contributed by atoms with Gasteiger partial charge in [0, 0.05) is 4.47 Å². The van der Waals surface area contributed by atoms with Crippen LogP contribution in [0.1, 0.15) is 17.2 Å². The highest BCUT2D eigenvalue weighted by molar-refractivity contribution is 9.10. The first kappa shape index (κ1) is 10.2. The number of hydrogen-bond donors (Lipinski definition) is 2. The SMILES string of the molecule is N#Cc1ccc(Br)c([C@@H](N)CO)c1. The Morgan fingerprint density at radius 3 is 2.85 bits per heavy atom. The zero-order chi connectivity index (χ0) is 9.84. The molecule has 1 rings (SSSR count). The summed E-state index contributed by atoms with van der Waals surface area (Å²) in [4.78, 5) is 0. The van der Waals surface area contributed by atoms with Gasteiger partial charge in [0.25, 0.3) is 0 Å². The van der Waals surface area contributed by atoms with E-state index in [-0.39, 0.29) is 6.61 Å². The molecule has 1 aromatic carbocycles. The molecule has 0 fully saturated rings. The molecule has 0 saturated heterocycles. The Bertz CT molecular complexity index is 346. The third kappa shape index (κ3) is 2.28. The van der Waals surface area contributed by atoms with E-state index in [0.717, 1.165) is 10.0 Å². The molecule has 0 radical (unpaired) electrons. The first-order chi connectivity index (χ1) is 6.19. The van der Waals surface area contributed by atoms with Gasteiger partial charge in [0.15, 0.2) is 0 Å². The van der Waals surface area contributed by atoms with Crippen molar-refractivity contribution in [2.75, 3.05) is 6.61 Å². The van der Waals surface area contributed by atoms with E-state index in [9.17, 15) is 0 Å². The molecule has 0 amide bonds. The fourth-order valence-electron chi connectivity index (χ4n) is 0.996. The van der Waals surface area contributed by atoms with E-state index in [1.54, 1.807) is 18.2 Å². The summed E-state index contributed by atoms with van der Waals surface area (Å²) < 4.78 is 0.813. The molecule has 0 unspecified atom stereocenters. The quantitative estimate of drug-likeness (QED) is 0.820. The first-order valence-electron chi connectivity index (χ1n) is 3.75. The van der Waals surface area contributed by atoms with Crippen LogP contribution in [0.5, 0.6) is 0 Å². The Kier molecular flexibility index (Phi) is 3.43. The van der Waals surface area contributed by atoms with Crippen molar-refractivity contribution in [2.24, 2.45) is 5.73 Å². The molecule has 0 aliphatic carbocycles. The second kappa shape index (κ2) is 4.38. The predicted molar refractivity (Wildman–Crippen MR) is 52.9 cm³/mol. The van der Waals surface area contributed by atoms with E-state index in [1.807, 2.05) is 6.07 Å². The fraction of sp³-hybridized carbons (Fsp3) is 0.222. The van der Waals surface area contributed by atoms with Gasteiger partial charge in [0.05, 0.1) is 24.3 Å². The Balaban J connectivity index is 3.12. The van der Waals surface area contributed by atoms with Gasteiger partial charge < -0.3 is 10.8 Å². The van der Waals surface area contributed by atoms with Gasteiger partial charge in [-0.25, -0.2) is 0 Å². The van der Waals surface area contributed by atoms with E-state index in [2.05, 4.69) is 15.9 Å². The minimum absolute atomic E-state index is 0.131. The van der Waals surface area contributed by atoms with Gasteiger partial charge in [0.2, 0.25) is 0 Å². The van der Waals surface area contributed by atoms with Gasteiger partial charge in [-0.05, 0) is 23.8 Å². The molecule has 0 bridgehead atoms. The number of halogens is 1. The van der Waals surface area contributed by atoms with Crippen LogP contribution in [0.15, 0.2) is 22.7 Å². The molecule has 4 heteroatoms. The van der Waals surface area contributed by atoms with E-state index in [1.165, 1.54) is 0 Å². The maximum atomic E-state index is 8.85. The summed E-state index contributed by atoms with van der Waals surface area (Å²) in [5.41, 5.74) is 6.92. The van der Waals surface area contributed by atoms with Crippen molar-refractivity contribution in [1.29, 1.82) is 5.26 Å². The van der Waals surface area contributed by atoms with Gasteiger partial charge in [-0.1, -0.05) is 15.9 Å². The summed E-state index contributed by atoms with van der Waals surface area (Å²) in [6, 6.07) is 6.69. The lowest BCUT2D eigenvalue weighted by molar-refractivity contribution is 0.267. The van der Waals surface area contributed by atoms with Crippen molar-refractivity contribution in [2.45, 2.75) is 6.04 Å². The molecule has 3 nitrogen and oxygen atoms in total. The molecule has 0 saturated carbocycles. The van der Waals surface area contributed by atoms with Gasteiger partial charge in [-0.2, -0.15) is 5.26 Å². The Morgan fingerprint density at radius 1 is 1.62 bits per heavy atom. The van der Waals surface area contributed by atoms with Crippen molar-refractivity contribution in [3.8, 4) is 6.07 Å². The van der Waals surface area contributed by atoms with Crippen molar-refractivity contribution in [1.82, 2.24) is 0 Å². The molecule has 0 aliphatic rings. The topological polar surface area (TPSA) is 70.0 Å². The largest absolute Gasteiger partial charge is 0.394 e. The monoisotopic (exact) mass is 240 g/mol. The summed E-state index contributed by atoms with van der Waals surface area (Å²) in [5, 5.41) is 17.5. The third-order valence-corrected chi connectivity index (χ3v) is 2.44. The Labute approximate surface area is 84.9 Å². The first-order valence-corrected chi connectivity index (χ1v) is 4.54. The molecular formula is C9H9BrN2O. The van der Waals surface area contributed by atoms with Gasteiger partial charge in [-0.15, -0.1) is 0 Å². The summed E-state index contributed by atoms with van der Waals surface area (Å²) in [7, 11) is 0. The van der Waals surface area contributed by atoms with Crippen LogP contribution in [-0.4, -0.2) is 11.7 Å². The standard InChI is InChI=1S/C9H9BrN2O/c10-8-2-1-6(4-11)3-7(8)9(12)5-13/h1-3,9,13H,5,12H2/t9-/m0/s1. The average molecular weight is 241 g/mol. The minimum atomic E-state index is -0.442. The van der Waals surface area contributed by atoms with Crippen LogP contribution >= 0.6 is 15.9 Å². The van der Waals surface area contributed by atoms with Crippen molar-refractivity contribution in [3.63, 3.8) is 0 Å². The number of nitrogens with two attached hydrogens (primary N) is 1. The molecule has 0 heterocycles. The molecule has 1 aromatic rings. The Morgan fingerprint density at radius 2 is 2.31 bits per heavy atom. The minimum Gasteiger partial charge on any atom is -0.394 e. The molecule has 3 N–H and O–H groups in total. The van der Waals surface area contributed by atoms with Gasteiger partial charge in [-0.3, -0.25) is 0 Å². The molecular weight excluding hydrogens is 232 g/mol. The summed E-state index contributed by atoms with van der Waals surface area (Å²) in [6.07, 6.45) is 0. The molecule has 1 atom stereocenters. The molecule has 0 spiro atoms. The molecule has 0 aliphatic heterocycles. The van der Waals surface area contributed by atoms with E-state index >= 15 is 0 Å². The molecule has 0 aromatic heterocycles. The second-order valence-corrected chi connectivity index (χ2v) is 3.49. The lowest BCUT2D eigenvalue weighted by Gasteiger charge is -2.10. The smallest absolute Gasteiger partial charge is 0.0991 e. The molecule has 68 valence electrons. The molecule has 13 heavy (non-hydrogen) atoms. The van der Waals surface area contributed by atoms with Gasteiger partial charge in [0.1, 0.15) is 0 Å². The number of nitriles is 1. The summed E-state index contributed by atoms with van der Waals surface area (Å²) in [6.45, 7) is -0.131. The van der Waals surface area contributed by atoms with Crippen LogP contribution in [0.4, 0.5) is 0 Å². The highest BCUT2D eigenvalue weighted by Gasteiger charge is 2.09. The average Bonchev–Trinajstić information content (AvgIpc) is 2.17. The van der Waals surface area contributed by atoms with Crippen molar-refractivity contribution < 1.29 is 5.11 Å². The van der Waals surface area contributed by atoms with E-state index < -0.39 is 6.04 Å². The maximum absolute atomic E-state index is 8.85. The lowest BCUT2D eigenvalue weighted by Crippen LogP contribution is -2.15. The number of hydrogen-bond acceptors (Lipinski definition) is 3. The predicted octanol–water partition coefficient (Wildman–Crippen LogP) is 1.31. The van der Waals surface area contributed by atoms with Gasteiger partial charge >= 0.3 is 0 Å². The zero-order valence-electron chi connectivity index (χ0n) is 6.87. The van der Waals surface area contributed by atoms with E-state index in [0.29, 0.717) is 5.56 Å². The van der Waals surface area contributed by atoms with Crippen LogP contribution in [0.25, 0.3) is 0 Å². The zero-order valence-corrected chi connectivity index (χ0v) is 8.45. The summed E-state index contributed by atoms with van der Waals surface area (Å²) >= 11 is 3.30. The van der Waals surface area contributed by atoms with Crippen LogP contribution < -0.4 is 5.73 Å². The summed E-state index contributed by atoms with van der Waals surface area (Å²) in [5.74, 6) is 0. The number of rotatable bonds is 2. The van der Waals surface area contributed by atoms with Crippen LogP contribution in [0.2, 0.25) is 0 Å².